The number of carboxylic acids is 1. The molecule has 0 spiro atoms. The van der Waals surface area contributed by atoms with Gasteiger partial charge in [-0.05, 0) is 29.8 Å². The average molecular weight is 249 g/mol. The number of aromatic nitrogens is 2. The van der Waals surface area contributed by atoms with Crippen molar-refractivity contribution in [3.05, 3.63) is 20.5 Å². The Balaban J connectivity index is 3.39. The van der Waals surface area contributed by atoms with Crippen LogP contribution in [0.5, 0.6) is 0 Å². The van der Waals surface area contributed by atoms with Crippen LogP contribution >= 0.6 is 15.9 Å². The zero-order valence-corrected chi connectivity index (χ0v) is 8.75. The van der Waals surface area contributed by atoms with E-state index in [0.29, 0.717) is 0 Å². The molecule has 0 fully saturated rings. The second-order valence-electron chi connectivity index (χ2n) is 2.88. The van der Waals surface area contributed by atoms with Gasteiger partial charge in [0.1, 0.15) is 4.60 Å². The Morgan fingerprint density at radius 3 is 2.38 bits per heavy atom. The van der Waals surface area contributed by atoms with Crippen LogP contribution in [0.4, 0.5) is 0 Å². The van der Waals surface area contributed by atoms with E-state index >= 15 is 0 Å². The van der Waals surface area contributed by atoms with E-state index in [1.54, 1.807) is 0 Å². The number of nitrogens with one attached hydrogen (secondary N) is 1. The number of aromatic carboxylic acids is 1. The summed E-state index contributed by atoms with van der Waals surface area (Å²) in [5, 5.41) is 11.1. The van der Waals surface area contributed by atoms with Crippen molar-refractivity contribution in [3.63, 3.8) is 0 Å². The number of carboxylic acid groups (broad SMARTS) is 1. The molecule has 1 aromatic rings. The van der Waals surface area contributed by atoms with Crippen molar-refractivity contribution in [2.24, 2.45) is 0 Å². The second-order valence-corrected chi connectivity index (χ2v) is 3.63. The van der Waals surface area contributed by atoms with Gasteiger partial charge in [0.2, 0.25) is 0 Å². The Morgan fingerprint density at radius 1 is 1.62 bits per heavy atom. The summed E-state index contributed by atoms with van der Waals surface area (Å²) in [5.41, 5.74) is -0.846. The largest absolute Gasteiger partial charge is 0.477 e. The molecule has 13 heavy (non-hydrogen) atoms. The number of halogens is 1. The van der Waals surface area contributed by atoms with Crippen LogP contribution in [0.25, 0.3) is 0 Å². The summed E-state index contributed by atoms with van der Waals surface area (Å²) in [5.74, 6) is -1.23. The van der Waals surface area contributed by atoms with E-state index in [1.807, 2.05) is 13.8 Å². The summed E-state index contributed by atoms with van der Waals surface area (Å²) < 4.78 is 1.74. The molecule has 0 amide bonds. The smallest absolute Gasteiger partial charge is 0.344 e. The zero-order chi connectivity index (χ0) is 10.2. The first-order chi connectivity index (χ1) is 5.95. The quantitative estimate of drug-likeness (QED) is 0.827. The highest BCUT2D eigenvalue weighted by molar-refractivity contribution is 9.10. The summed E-state index contributed by atoms with van der Waals surface area (Å²) in [4.78, 5) is 21.7. The Kier molecular flexibility index (Phi) is 2.60. The molecular weight excluding hydrogens is 240 g/mol. The van der Waals surface area contributed by atoms with Crippen LogP contribution in [0.2, 0.25) is 0 Å². The lowest BCUT2D eigenvalue weighted by atomic mass is 10.3. The molecule has 0 aromatic carbocycles. The molecule has 0 radical (unpaired) electrons. The minimum atomic E-state index is -1.23. The lowest BCUT2D eigenvalue weighted by Gasteiger charge is -2.07. The van der Waals surface area contributed by atoms with Crippen molar-refractivity contribution < 1.29 is 9.90 Å². The first-order valence-electron chi connectivity index (χ1n) is 3.68. The highest BCUT2D eigenvalue weighted by Crippen LogP contribution is 2.16. The number of rotatable bonds is 2. The van der Waals surface area contributed by atoms with Gasteiger partial charge in [-0.25, -0.2) is 4.79 Å². The molecule has 0 saturated carbocycles. The van der Waals surface area contributed by atoms with Gasteiger partial charge in [-0.2, -0.15) is 0 Å². The van der Waals surface area contributed by atoms with Crippen LogP contribution in [0.1, 0.15) is 30.2 Å². The van der Waals surface area contributed by atoms with E-state index in [0.717, 1.165) is 0 Å². The van der Waals surface area contributed by atoms with Crippen molar-refractivity contribution >= 4 is 21.9 Å². The van der Waals surface area contributed by atoms with E-state index in [4.69, 9.17) is 5.11 Å². The van der Waals surface area contributed by atoms with Gasteiger partial charge < -0.3 is 5.11 Å². The molecule has 72 valence electrons. The van der Waals surface area contributed by atoms with Crippen LogP contribution in [-0.2, 0) is 0 Å². The monoisotopic (exact) mass is 248 g/mol. The predicted octanol–water partition coefficient (Wildman–Crippen LogP) is 1.22. The maximum atomic E-state index is 11.1. The van der Waals surface area contributed by atoms with E-state index in [-0.39, 0.29) is 16.2 Å². The zero-order valence-electron chi connectivity index (χ0n) is 7.17. The molecule has 0 bridgehead atoms. The number of nitrogens with zero attached hydrogens (tertiary/aromatic N) is 1. The number of aromatic amines is 1. The third-order valence-corrected chi connectivity index (χ3v) is 2.38. The molecule has 0 aliphatic carbocycles. The Hall–Kier alpha value is -1.04. The van der Waals surface area contributed by atoms with Crippen molar-refractivity contribution in [1.29, 1.82) is 0 Å². The van der Waals surface area contributed by atoms with E-state index < -0.39 is 11.5 Å². The Labute approximate surface area is 82.5 Å². The van der Waals surface area contributed by atoms with Crippen LogP contribution in [0, 0.1) is 0 Å². The topological polar surface area (TPSA) is 75.1 Å². The molecule has 2 N–H and O–H groups in total. The van der Waals surface area contributed by atoms with E-state index in [2.05, 4.69) is 21.0 Å². The summed E-state index contributed by atoms with van der Waals surface area (Å²) in [7, 11) is 0. The van der Waals surface area contributed by atoms with Gasteiger partial charge in [0.25, 0.3) is 5.56 Å². The number of carbonyl (C=O) groups is 1. The van der Waals surface area contributed by atoms with E-state index in [1.165, 1.54) is 4.68 Å². The fourth-order valence-electron chi connectivity index (χ4n) is 0.970. The maximum Gasteiger partial charge on any atom is 0.344 e. The molecule has 0 saturated heterocycles. The van der Waals surface area contributed by atoms with Crippen LogP contribution in [0.15, 0.2) is 9.40 Å². The summed E-state index contributed by atoms with van der Waals surface area (Å²) in [6.07, 6.45) is 0. The molecule has 1 aromatic heterocycles. The number of hydrogen-bond donors (Lipinski definition) is 2. The van der Waals surface area contributed by atoms with Crippen molar-refractivity contribution in [2.75, 3.05) is 0 Å². The number of H-pyrrole nitrogens is 1. The summed E-state index contributed by atoms with van der Waals surface area (Å²) in [6.45, 7) is 3.68. The standard InChI is InChI=1S/C7H9BrN2O3/c1-3(2)10-5(8)4(7(12)13)6(11)9-10/h3H,1-2H3,(H,9,11)(H,12,13). The lowest BCUT2D eigenvalue weighted by molar-refractivity contribution is 0.0694. The average Bonchev–Trinajstić information content (AvgIpc) is 2.26. The maximum absolute atomic E-state index is 11.1. The lowest BCUT2D eigenvalue weighted by Crippen LogP contribution is -2.12. The second kappa shape index (κ2) is 3.37. The van der Waals surface area contributed by atoms with Gasteiger partial charge in [-0.1, -0.05) is 0 Å². The molecular formula is C7H9BrN2O3. The van der Waals surface area contributed by atoms with Crippen molar-refractivity contribution in [3.8, 4) is 0 Å². The molecule has 0 atom stereocenters. The van der Waals surface area contributed by atoms with Crippen LogP contribution in [0.3, 0.4) is 0 Å². The normalized spacial score (nSPS) is 10.8. The third-order valence-electron chi connectivity index (χ3n) is 1.60. The molecule has 5 nitrogen and oxygen atoms in total. The fraction of sp³-hybridized carbons (Fsp3) is 0.429. The first-order valence-corrected chi connectivity index (χ1v) is 4.47. The molecule has 0 aliphatic rings. The summed E-state index contributed by atoms with van der Waals surface area (Å²) >= 11 is 3.05. The molecule has 1 rings (SSSR count). The highest BCUT2D eigenvalue weighted by atomic mass is 79.9. The van der Waals surface area contributed by atoms with Crippen LogP contribution in [-0.4, -0.2) is 20.9 Å². The molecule has 1 heterocycles. The van der Waals surface area contributed by atoms with Gasteiger partial charge in [0.05, 0.1) is 0 Å². The van der Waals surface area contributed by atoms with Crippen molar-refractivity contribution in [2.45, 2.75) is 19.9 Å². The predicted molar refractivity (Wildman–Crippen MR) is 50.1 cm³/mol. The first kappa shape index (κ1) is 10.0. The Morgan fingerprint density at radius 2 is 2.15 bits per heavy atom. The molecule has 0 unspecified atom stereocenters. The molecule has 6 heteroatoms. The van der Waals surface area contributed by atoms with E-state index in [9.17, 15) is 9.59 Å². The molecule has 0 aliphatic heterocycles. The van der Waals surface area contributed by atoms with Gasteiger partial charge in [0.15, 0.2) is 5.56 Å². The van der Waals surface area contributed by atoms with Gasteiger partial charge in [-0.3, -0.25) is 14.6 Å². The van der Waals surface area contributed by atoms with Crippen molar-refractivity contribution in [1.82, 2.24) is 9.78 Å². The fourth-order valence-corrected chi connectivity index (χ4v) is 1.82. The number of hydrogen-bond acceptors (Lipinski definition) is 2. The minimum Gasteiger partial charge on any atom is -0.477 e. The van der Waals surface area contributed by atoms with Gasteiger partial charge in [0, 0.05) is 6.04 Å². The summed E-state index contributed by atoms with van der Waals surface area (Å²) in [6, 6.07) is 0.00942. The van der Waals surface area contributed by atoms with Crippen LogP contribution < -0.4 is 5.56 Å². The SMILES string of the molecule is CC(C)n1[nH]c(=O)c(C(=O)O)c1Br. The Bertz CT molecular complexity index is 391. The van der Waals surface area contributed by atoms with Gasteiger partial charge >= 0.3 is 5.97 Å². The minimum absolute atomic E-state index is 0.00942. The third kappa shape index (κ3) is 1.67. The highest BCUT2D eigenvalue weighted by Gasteiger charge is 2.19. The van der Waals surface area contributed by atoms with Gasteiger partial charge in [-0.15, -0.1) is 0 Å².